The van der Waals surface area contributed by atoms with Gasteiger partial charge >= 0.3 is 0 Å². The van der Waals surface area contributed by atoms with Gasteiger partial charge in [-0.1, -0.05) is 6.07 Å². The highest BCUT2D eigenvalue weighted by atomic mass is 16.5. The molecular weight excluding hydrogens is 246 g/mol. The van der Waals surface area contributed by atoms with E-state index in [0.29, 0.717) is 5.88 Å². The third-order valence-corrected chi connectivity index (χ3v) is 2.55. The van der Waals surface area contributed by atoms with Crippen LogP contribution < -0.4 is 15.5 Å². The van der Waals surface area contributed by atoms with Gasteiger partial charge in [-0.25, -0.2) is 4.98 Å². The molecule has 2 N–H and O–H groups in total. The molecule has 2 aromatic rings. The number of nitrogens with zero attached hydrogens (tertiary/aromatic N) is 1. The Morgan fingerprint density at radius 2 is 2.32 bits per heavy atom. The number of rotatable bonds is 4. The second-order valence-corrected chi connectivity index (χ2v) is 3.78. The summed E-state index contributed by atoms with van der Waals surface area (Å²) in [4.78, 5) is 30.1. The molecule has 0 aliphatic carbocycles. The molecule has 0 spiro atoms. The van der Waals surface area contributed by atoms with Crippen LogP contribution in [0.15, 0.2) is 41.6 Å². The van der Waals surface area contributed by atoms with Crippen molar-refractivity contribution in [2.75, 3.05) is 7.11 Å². The Kier molecular flexibility index (Phi) is 3.92. The van der Waals surface area contributed by atoms with E-state index >= 15 is 0 Å². The third kappa shape index (κ3) is 2.98. The quantitative estimate of drug-likeness (QED) is 0.847. The summed E-state index contributed by atoms with van der Waals surface area (Å²) in [5.41, 5.74) is 0.491. The number of carbonyl (C=O) groups is 1. The summed E-state index contributed by atoms with van der Waals surface area (Å²) >= 11 is 0. The first-order chi connectivity index (χ1) is 9.22. The average Bonchev–Trinajstić information content (AvgIpc) is 2.45. The van der Waals surface area contributed by atoms with Crippen LogP contribution >= 0.6 is 0 Å². The Morgan fingerprint density at radius 3 is 3.05 bits per heavy atom. The molecule has 19 heavy (non-hydrogen) atoms. The van der Waals surface area contributed by atoms with Crippen molar-refractivity contribution in [1.29, 1.82) is 0 Å². The van der Waals surface area contributed by atoms with Crippen molar-refractivity contribution in [2.45, 2.75) is 6.54 Å². The van der Waals surface area contributed by atoms with Crippen LogP contribution in [0.5, 0.6) is 5.88 Å². The number of H-pyrrole nitrogens is 1. The molecule has 0 aromatic carbocycles. The van der Waals surface area contributed by atoms with Gasteiger partial charge in [0.05, 0.1) is 7.11 Å². The lowest BCUT2D eigenvalue weighted by Gasteiger charge is -2.08. The molecule has 6 heteroatoms. The zero-order chi connectivity index (χ0) is 13.7. The largest absolute Gasteiger partial charge is 0.481 e. The Hall–Kier alpha value is -2.63. The number of hydrogen-bond acceptors (Lipinski definition) is 4. The molecule has 0 radical (unpaired) electrons. The number of aromatic amines is 1. The fourth-order valence-electron chi connectivity index (χ4n) is 1.61. The Balaban J connectivity index is 2.09. The lowest BCUT2D eigenvalue weighted by atomic mass is 10.2. The summed E-state index contributed by atoms with van der Waals surface area (Å²) in [7, 11) is 1.51. The summed E-state index contributed by atoms with van der Waals surface area (Å²) in [6.07, 6.45) is 4.45. The molecule has 0 unspecified atom stereocenters. The van der Waals surface area contributed by atoms with Crippen LogP contribution in [0.25, 0.3) is 0 Å². The minimum Gasteiger partial charge on any atom is -0.481 e. The van der Waals surface area contributed by atoms with Crippen molar-refractivity contribution in [3.63, 3.8) is 0 Å². The van der Waals surface area contributed by atoms with E-state index in [9.17, 15) is 9.59 Å². The second kappa shape index (κ2) is 5.81. The highest BCUT2D eigenvalue weighted by Crippen LogP contribution is 2.12. The maximum atomic E-state index is 11.8. The van der Waals surface area contributed by atoms with Crippen LogP contribution in [0.4, 0.5) is 0 Å². The van der Waals surface area contributed by atoms with Crippen molar-refractivity contribution in [3.05, 3.63) is 58.1 Å². The molecule has 0 bridgehead atoms. The molecule has 0 saturated carbocycles. The Morgan fingerprint density at radius 1 is 1.47 bits per heavy atom. The molecule has 0 saturated heterocycles. The second-order valence-electron chi connectivity index (χ2n) is 3.78. The fourth-order valence-corrected chi connectivity index (χ4v) is 1.61. The van der Waals surface area contributed by atoms with Gasteiger partial charge in [-0.05, 0) is 6.07 Å². The molecule has 98 valence electrons. The van der Waals surface area contributed by atoms with Gasteiger partial charge in [0.1, 0.15) is 5.56 Å². The number of aromatic nitrogens is 2. The zero-order valence-electron chi connectivity index (χ0n) is 10.3. The van der Waals surface area contributed by atoms with Crippen LogP contribution in [0.2, 0.25) is 0 Å². The number of ether oxygens (including phenoxy) is 1. The number of pyridine rings is 2. The summed E-state index contributed by atoms with van der Waals surface area (Å²) in [6, 6.07) is 4.85. The monoisotopic (exact) mass is 259 g/mol. The lowest BCUT2D eigenvalue weighted by Crippen LogP contribution is -2.28. The molecule has 2 aromatic heterocycles. The Bertz CT molecular complexity index is 637. The van der Waals surface area contributed by atoms with Gasteiger partial charge in [0, 0.05) is 36.8 Å². The van der Waals surface area contributed by atoms with Gasteiger partial charge in [0.2, 0.25) is 5.88 Å². The topological polar surface area (TPSA) is 84.1 Å². The molecule has 0 aliphatic rings. The molecule has 6 nitrogen and oxygen atoms in total. The molecular formula is C13H13N3O3. The maximum absolute atomic E-state index is 11.8. The molecule has 2 heterocycles. The number of nitrogens with one attached hydrogen (secondary N) is 2. The Labute approximate surface area is 109 Å². The summed E-state index contributed by atoms with van der Waals surface area (Å²) in [6.45, 7) is 0.240. The standard InChI is InChI=1S/C13H13N3O3/c1-19-13-9(3-2-5-15-13)7-16-12(18)10-8-14-6-4-11(10)17/h2-6,8H,7H2,1H3,(H,14,17)(H,16,18). The van der Waals surface area contributed by atoms with E-state index in [1.54, 1.807) is 18.3 Å². The molecule has 2 rings (SSSR count). The number of hydrogen-bond donors (Lipinski definition) is 2. The summed E-state index contributed by atoms with van der Waals surface area (Å²) in [5, 5.41) is 2.65. The summed E-state index contributed by atoms with van der Waals surface area (Å²) in [5.74, 6) is 0.0116. The minimum absolute atomic E-state index is 0.0744. The highest BCUT2D eigenvalue weighted by Gasteiger charge is 2.10. The fraction of sp³-hybridized carbons (Fsp3) is 0.154. The van der Waals surface area contributed by atoms with Crippen LogP contribution in [-0.2, 0) is 6.54 Å². The smallest absolute Gasteiger partial charge is 0.257 e. The molecule has 0 atom stereocenters. The SMILES string of the molecule is COc1ncccc1CNC(=O)c1c[nH]ccc1=O. The number of methoxy groups -OCH3 is 1. The average molecular weight is 259 g/mol. The van der Waals surface area contributed by atoms with Crippen LogP contribution in [0.3, 0.4) is 0 Å². The van der Waals surface area contributed by atoms with Crippen molar-refractivity contribution in [1.82, 2.24) is 15.3 Å². The van der Waals surface area contributed by atoms with E-state index in [1.807, 2.05) is 0 Å². The van der Waals surface area contributed by atoms with E-state index in [4.69, 9.17) is 4.74 Å². The van der Waals surface area contributed by atoms with E-state index in [1.165, 1.54) is 25.6 Å². The molecule has 0 fully saturated rings. The first-order valence-corrected chi connectivity index (χ1v) is 5.65. The zero-order valence-corrected chi connectivity index (χ0v) is 10.3. The van der Waals surface area contributed by atoms with Gasteiger partial charge in [-0.2, -0.15) is 0 Å². The lowest BCUT2D eigenvalue weighted by molar-refractivity contribution is 0.0949. The van der Waals surface area contributed by atoms with Crippen molar-refractivity contribution in [2.24, 2.45) is 0 Å². The van der Waals surface area contributed by atoms with Gasteiger partial charge in [0.25, 0.3) is 5.91 Å². The normalized spacial score (nSPS) is 9.95. The predicted molar refractivity (Wildman–Crippen MR) is 69.0 cm³/mol. The third-order valence-electron chi connectivity index (χ3n) is 2.55. The summed E-state index contributed by atoms with van der Waals surface area (Å²) < 4.78 is 5.08. The van der Waals surface area contributed by atoms with E-state index < -0.39 is 5.91 Å². The maximum Gasteiger partial charge on any atom is 0.257 e. The molecule has 0 aliphatic heterocycles. The van der Waals surface area contributed by atoms with Crippen LogP contribution in [-0.4, -0.2) is 23.0 Å². The highest BCUT2D eigenvalue weighted by molar-refractivity contribution is 5.93. The van der Waals surface area contributed by atoms with Gasteiger partial charge < -0.3 is 15.0 Å². The van der Waals surface area contributed by atoms with Gasteiger partial charge in [-0.3, -0.25) is 9.59 Å². The van der Waals surface area contributed by atoms with Crippen LogP contribution in [0, 0.1) is 0 Å². The minimum atomic E-state index is -0.437. The number of amides is 1. The van der Waals surface area contributed by atoms with Crippen molar-refractivity contribution >= 4 is 5.91 Å². The van der Waals surface area contributed by atoms with Crippen LogP contribution in [0.1, 0.15) is 15.9 Å². The molecule has 1 amide bonds. The first-order valence-electron chi connectivity index (χ1n) is 5.65. The van der Waals surface area contributed by atoms with E-state index in [-0.39, 0.29) is 17.5 Å². The van der Waals surface area contributed by atoms with E-state index in [0.717, 1.165) is 5.56 Å². The van der Waals surface area contributed by atoms with Gasteiger partial charge in [-0.15, -0.1) is 0 Å². The first kappa shape index (κ1) is 12.8. The predicted octanol–water partition coefficient (Wildman–Crippen LogP) is 0.709. The van der Waals surface area contributed by atoms with E-state index in [2.05, 4.69) is 15.3 Å². The van der Waals surface area contributed by atoms with Gasteiger partial charge in [0.15, 0.2) is 5.43 Å². The van der Waals surface area contributed by atoms with Crippen molar-refractivity contribution < 1.29 is 9.53 Å². The number of carbonyl (C=O) groups excluding carboxylic acids is 1. The van der Waals surface area contributed by atoms with Crippen molar-refractivity contribution in [3.8, 4) is 5.88 Å².